The van der Waals surface area contributed by atoms with Crippen molar-refractivity contribution in [2.75, 3.05) is 5.09 Å². The molecule has 0 spiro atoms. The van der Waals surface area contributed by atoms with Gasteiger partial charge in [0.2, 0.25) is 7.29 Å². The lowest BCUT2D eigenvalue weighted by atomic mass is 10.2. The molecule has 4 rings (SSSR count). The Kier molecular flexibility index (Phi) is 5.02. The summed E-state index contributed by atoms with van der Waals surface area (Å²) < 4.78 is 20.7. The van der Waals surface area contributed by atoms with Gasteiger partial charge in [0.15, 0.2) is 0 Å². The number of anilines is 1. The Morgan fingerprint density at radius 3 is 1.70 bits per heavy atom. The molecule has 0 atom stereocenters. The Bertz CT molecular complexity index is 1000. The average Bonchev–Trinajstić information content (AvgIpc) is 2.70. The topological polar surface area (TPSA) is 38.3 Å². The van der Waals surface area contributed by atoms with Gasteiger partial charge in [0.25, 0.3) is 0 Å². The minimum absolute atomic E-state index is 0.583. The van der Waals surface area contributed by atoms with Crippen molar-refractivity contribution < 1.29 is 9.30 Å². The zero-order valence-electron chi connectivity index (χ0n) is 14.4. The molecule has 0 aromatic heterocycles. The highest BCUT2D eigenvalue weighted by molar-refractivity contribution is 9.10. The average molecular weight is 438 g/mol. The first-order valence-corrected chi connectivity index (χ1v) is 11.1. The summed E-state index contributed by atoms with van der Waals surface area (Å²) in [6.45, 7) is 0. The van der Waals surface area contributed by atoms with Crippen molar-refractivity contribution in [2.24, 2.45) is 0 Å². The van der Waals surface area contributed by atoms with E-state index in [1.165, 1.54) is 0 Å². The Balaban J connectivity index is 1.79. The summed E-state index contributed by atoms with van der Waals surface area (Å²) in [5, 5.41) is 3.20. The van der Waals surface area contributed by atoms with Gasteiger partial charge in [-0.1, -0.05) is 72.8 Å². The summed E-state index contributed by atoms with van der Waals surface area (Å²) in [7, 11) is -3.03. The molecule has 3 aromatic rings. The molecule has 1 aliphatic rings. The molecule has 134 valence electrons. The molecular weight excluding hydrogens is 421 g/mol. The smallest absolute Gasteiger partial charge is 0.220 e. The van der Waals surface area contributed by atoms with Crippen molar-refractivity contribution in [3.05, 3.63) is 112 Å². The molecule has 27 heavy (non-hydrogen) atoms. The van der Waals surface area contributed by atoms with Gasteiger partial charge < -0.3 is 9.82 Å². The Morgan fingerprint density at radius 1 is 0.704 bits per heavy atom. The van der Waals surface area contributed by atoms with Crippen LogP contribution in [0.1, 0.15) is 11.1 Å². The van der Waals surface area contributed by atoms with E-state index in [1.54, 1.807) is 11.6 Å². The molecule has 3 nitrogen and oxygen atoms in total. The molecule has 5 heteroatoms. The molecule has 3 aromatic carbocycles. The van der Waals surface area contributed by atoms with Crippen molar-refractivity contribution in [3.63, 3.8) is 0 Å². The number of hydrogen-bond acceptors (Lipinski definition) is 2. The zero-order chi connectivity index (χ0) is 18.7. The van der Waals surface area contributed by atoms with Crippen LogP contribution in [0.5, 0.6) is 0 Å². The third-order valence-corrected chi connectivity index (χ3v) is 6.64. The molecule has 0 unspecified atom stereocenters. The van der Waals surface area contributed by atoms with Crippen LogP contribution in [0.15, 0.2) is 101 Å². The van der Waals surface area contributed by atoms with Gasteiger partial charge in [0, 0.05) is 27.2 Å². The maximum Gasteiger partial charge on any atom is 0.220 e. The summed E-state index contributed by atoms with van der Waals surface area (Å²) in [5.41, 5.74) is 2.54. The van der Waals surface area contributed by atoms with E-state index in [1.807, 2.05) is 84.9 Å². The molecule has 1 heterocycles. The lowest BCUT2D eigenvalue weighted by molar-refractivity contribution is 0.469. The van der Waals surface area contributed by atoms with E-state index in [2.05, 4.69) is 21.0 Å². The van der Waals surface area contributed by atoms with E-state index in [0.29, 0.717) is 11.5 Å². The van der Waals surface area contributed by atoms with Crippen molar-refractivity contribution in [1.82, 2.24) is 0 Å². The third kappa shape index (κ3) is 4.08. The number of hydrogen-bond donors (Lipinski definition) is 1. The maximum absolute atomic E-state index is 13.8. The van der Waals surface area contributed by atoms with Crippen molar-refractivity contribution in [3.8, 4) is 0 Å². The van der Waals surface area contributed by atoms with E-state index < -0.39 is 7.29 Å². The largest absolute Gasteiger partial charge is 0.456 e. The molecule has 1 aliphatic heterocycles. The van der Waals surface area contributed by atoms with Gasteiger partial charge in [-0.15, -0.1) is 0 Å². The predicted molar refractivity (Wildman–Crippen MR) is 115 cm³/mol. The lowest BCUT2D eigenvalue weighted by Crippen LogP contribution is -2.03. The molecule has 0 bridgehead atoms. The van der Waals surface area contributed by atoms with E-state index in [9.17, 15) is 4.57 Å². The van der Waals surface area contributed by atoms with Crippen LogP contribution in [0.25, 0.3) is 11.5 Å². The second-order valence-electron chi connectivity index (χ2n) is 6.12. The summed E-state index contributed by atoms with van der Waals surface area (Å²) >= 11 is 3.51. The van der Waals surface area contributed by atoms with Crippen molar-refractivity contribution in [1.29, 1.82) is 0 Å². The maximum atomic E-state index is 13.8. The fraction of sp³-hybridized carbons (Fsp3) is 0. The van der Waals surface area contributed by atoms with E-state index in [0.717, 1.165) is 21.3 Å². The Labute approximate surface area is 166 Å². The Morgan fingerprint density at radius 2 is 1.19 bits per heavy atom. The molecule has 0 radical (unpaired) electrons. The van der Waals surface area contributed by atoms with Crippen LogP contribution in [-0.4, -0.2) is 0 Å². The van der Waals surface area contributed by atoms with Gasteiger partial charge in [0.05, 0.1) is 5.69 Å². The molecular formula is C22H17BrNO2P. The second-order valence-corrected chi connectivity index (χ2v) is 9.13. The number of benzene rings is 3. The fourth-order valence-electron chi connectivity index (χ4n) is 2.83. The highest BCUT2D eigenvalue weighted by Gasteiger charge is 2.27. The van der Waals surface area contributed by atoms with Crippen molar-refractivity contribution in [2.45, 2.75) is 0 Å². The first-order valence-electron chi connectivity index (χ1n) is 8.50. The number of nitrogens with one attached hydrogen (secondary N) is 1. The highest BCUT2D eigenvalue weighted by Crippen LogP contribution is 2.56. The highest BCUT2D eigenvalue weighted by atomic mass is 79.9. The third-order valence-electron chi connectivity index (χ3n) is 4.12. The first-order chi connectivity index (χ1) is 13.1. The molecule has 1 N–H and O–H groups in total. The number of rotatable bonds is 4. The van der Waals surface area contributed by atoms with Gasteiger partial charge in [0.1, 0.15) is 11.5 Å². The van der Waals surface area contributed by atoms with Gasteiger partial charge >= 0.3 is 0 Å². The van der Waals surface area contributed by atoms with Crippen LogP contribution >= 0.6 is 23.2 Å². The standard InChI is InChI=1S/C22H17BrNO2P/c23-19-13-7-8-14-20(19)24-27(25)15-21(17-9-3-1-4-10-17)26-22(16-27)18-11-5-2-6-12-18/h1-16H,(H,24,25). The molecule has 0 fully saturated rings. The summed E-state index contributed by atoms with van der Waals surface area (Å²) in [6.07, 6.45) is 0. The van der Waals surface area contributed by atoms with Crippen LogP contribution in [0.2, 0.25) is 0 Å². The van der Waals surface area contributed by atoms with Crippen LogP contribution in [-0.2, 0) is 9.30 Å². The van der Waals surface area contributed by atoms with E-state index in [4.69, 9.17) is 4.74 Å². The van der Waals surface area contributed by atoms with Crippen LogP contribution < -0.4 is 5.09 Å². The monoisotopic (exact) mass is 437 g/mol. The van der Waals surface area contributed by atoms with Crippen LogP contribution in [0, 0.1) is 0 Å². The zero-order valence-corrected chi connectivity index (χ0v) is 16.9. The van der Waals surface area contributed by atoms with Crippen LogP contribution in [0.3, 0.4) is 0 Å². The van der Waals surface area contributed by atoms with Gasteiger partial charge in [-0.3, -0.25) is 4.57 Å². The lowest BCUT2D eigenvalue weighted by Gasteiger charge is -2.24. The van der Waals surface area contributed by atoms with Crippen LogP contribution in [0.4, 0.5) is 5.69 Å². The summed E-state index contributed by atoms with van der Waals surface area (Å²) in [4.78, 5) is 0. The number of para-hydroxylation sites is 1. The minimum Gasteiger partial charge on any atom is -0.456 e. The molecule has 0 aliphatic carbocycles. The second kappa shape index (κ2) is 7.59. The predicted octanol–water partition coefficient (Wildman–Crippen LogP) is 7.17. The SMILES string of the molecule is O=P1(Nc2ccccc2Br)C=C(c2ccccc2)OC(c2ccccc2)=C1. The van der Waals surface area contributed by atoms with Gasteiger partial charge in [-0.2, -0.15) is 0 Å². The number of halogens is 1. The fourth-order valence-corrected chi connectivity index (χ4v) is 5.25. The Hall–Kier alpha value is -2.55. The van der Waals surface area contributed by atoms with Gasteiger partial charge in [-0.25, -0.2) is 0 Å². The summed E-state index contributed by atoms with van der Waals surface area (Å²) in [6, 6.07) is 27.1. The molecule has 0 saturated heterocycles. The molecule has 0 saturated carbocycles. The normalized spacial score (nSPS) is 15.3. The van der Waals surface area contributed by atoms with E-state index in [-0.39, 0.29) is 0 Å². The minimum atomic E-state index is -3.03. The first kappa shape index (κ1) is 17.8. The summed E-state index contributed by atoms with van der Waals surface area (Å²) in [5.74, 6) is 4.54. The van der Waals surface area contributed by atoms with Crippen molar-refractivity contribution >= 4 is 40.4 Å². The molecule has 0 amide bonds. The number of ether oxygens (including phenoxy) is 1. The van der Waals surface area contributed by atoms with Gasteiger partial charge in [-0.05, 0) is 28.1 Å². The quantitative estimate of drug-likeness (QED) is 0.439. The van der Waals surface area contributed by atoms with E-state index >= 15 is 0 Å².